The van der Waals surface area contributed by atoms with Gasteiger partial charge in [0.05, 0.1) is 11.4 Å². The summed E-state index contributed by atoms with van der Waals surface area (Å²) in [6, 6.07) is 3.91. The van der Waals surface area contributed by atoms with Crippen molar-refractivity contribution in [2.75, 3.05) is 5.75 Å². The lowest BCUT2D eigenvalue weighted by atomic mass is 10.2. The molecule has 1 amide bonds. The van der Waals surface area contributed by atoms with Crippen LogP contribution in [0.1, 0.15) is 28.3 Å². The average Bonchev–Trinajstić information content (AvgIpc) is 2.78. The maximum absolute atomic E-state index is 11.8. The molecule has 0 radical (unpaired) electrons. The zero-order valence-electron chi connectivity index (χ0n) is 12.5. The first kappa shape index (κ1) is 15.6. The van der Waals surface area contributed by atoms with Crippen LogP contribution in [0.3, 0.4) is 0 Å². The number of pyridine rings is 1. The number of nitrogens with zero attached hydrogens (tertiary/aromatic N) is 2. The average molecular weight is 305 g/mol. The molecule has 6 heteroatoms. The molecule has 112 valence electrons. The molecule has 0 fully saturated rings. The summed E-state index contributed by atoms with van der Waals surface area (Å²) in [5.74, 6) is 2.00. The van der Waals surface area contributed by atoms with Gasteiger partial charge < -0.3 is 9.84 Å². The van der Waals surface area contributed by atoms with E-state index in [1.54, 1.807) is 18.0 Å². The van der Waals surface area contributed by atoms with Gasteiger partial charge in [-0.15, -0.1) is 11.8 Å². The third kappa shape index (κ3) is 4.60. The van der Waals surface area contributed by atoms with E-state index in [1.807, 2.05) is 32.9 Å². The van der Waals surface area contributed by atoms with Crippen LogP contribution in [0.25, 0.3) is 0 Å². The fourth-order valence-corrected chi connectivity index (χ4v) is 2.81. The van der Waals surface area contributed by atoms with Crippen LogP contribution in [0.4, 0.5) is 0 Å². The summed E-state index contributed by atoms with van der Waals surface area (Å²) >= 11 is 1.56. The molecule has 0 aliphatic heterocycles. The molecule has 0 spiro atoms. The number of carbonyl (C=O) groups excluding carboxylic acids is 1. The molecule has 21 heavy (non-hydrogen) atoms. The Morgan fingerprint density at radius 3 is 2.76 bits per heavy atom. The maximum atomic E-state index is 11.8. The van der Waals surface area contributed by atoms with Gasteiger partial charge in [-0.2, -0.15) is 0 Å². The molecule has 0 aromatic carbocycles. The minimum Gasteiger partial charge on any atom is -0.361 e. The zero-order chi connectivity index (χ0) is 15.2. The highest BCUT2D eigenvalue weighted by Gasteiger charge is 2.10. The standard InChI is InChI=1S/C15H19N3O2S/c1-10-4-5-13(6-16-10)7-17-15(19)9-21-8-14-11(2)18-20-12(14)3/h4-6H,7-9H2,1-3H3,(H,17,19). The Balaban J connectivity index is 1.71. The topological polar surface area (TPSA) is 68.0 Å². The molecule has 0 unspecified atom stereocenters. The molecule has 2 aromatic rings. The van der Waals surface area contributed by atoms with Crippen LogP contribution in [0.5, 0.6) is 0 Å². The second-order valence-corrected chi connectivity index (χ2v) is 5.87. The first-order chi connectivity index (χ1) is 10.1. The number of nitrogens with one attached hydrogen (secondary N) is 1. The number of hydrogen-bond acceptors (Lipinski definition) is 5. The van der Waals surface area contributed by atoms with E-state index in [0.717, 1.165) is 34.0 Å². The van der Waals surface area contributed by atoms with Crippen LogP contribution in [0.2, 0.25) is 0 Å². The van der Waals surface area contributed by atoms with E-state index in [9.17, 15) is 4.79 Å². The molecule has 0 bridgehead atoms. The largest absolute Gasteiger partial charge is 0.361 e. The van der Waals surface area contributed by atoms with Crippen LogP contribution >= 0.6 is 11.8 Å². The number of amides is 1. The van der Waals surface area contributed by atoms with Crippen molar-refractivity contribution in [3.8, 4) is 0 Å². The van der Waals surface area contributed by atoms with E-state index in [-0.39, 0.29) is 5.91 Å². The molecule has 0 saturated heterocycles. The van der Waals surface area contributed by atoms with E-state index < -0.39 is 0 Å². The number of carbonyl (C=O) groups is 1. The SMILES string of the molecule is Cc1ccc(CNC(=O)CSCc2c(C)noc2C)cn1. The number of aromatic nitrogens is 2. The van der Waals surface area contributed by atoms with Crippen molar-refractivity contribution in [2.45, 2.75) is 33.1 Å². The lowest BCUT2D eigenvalue weighted by Gasteiger charge is -2.05. The fourth-order valence-electron chi connectivity index (χ4n) is 1.81. The van der Waals surface area contributed by atoms with Crippen LogP contribution in [-0.4, -0.2) is 21.8 Å². The monoisotopic (exact) mass is 305 g/mol. The molecule has 2 aromatic heterocycles. The van der Waals surface area contributed by atoms with Gasteiger partial charge in [0.25, 0.3) is 0 Å². The summed E-state index contributed by atoms with van der Waals surface area (Å²) in [5.41, 5.74) is 3.95. The van der Waals surface area contributed by atoms with Crippen molar-refractivity contribution in [3.05, 3.63) is 46.6 Å². The highest BCUT2D eigenvalue weighted by molar-refractivity contribution is 7.99. The Morgan fingerprint density at radius 1 is 1.33 bits per heavy atom. The highest BCUT2D eigenvalue weighted by atomic mass is 32.2. The van der Waals surface area contributed by atoms with Crippen molar-refractivity contribution in [1.82, 2.24) is 15.5 Å². The Labute approximate surface area is 128 Å². The molecule has 0 saturated carbocycles. The first-order valence-corrected chi connectivity index (χ1v) is 7.89. The Kier molecular flexibility index (Phi) is 5.38. The fraction of sp³-hybridized carbons (Fsp3) is 0.400. The van der Waals surface area contributed by atoms with Gasteiger partial charge in [-0.3, -0.25) is 9.78 Å². The molecule has 0 aliphatic carbocycles. The van der Waals surface area contributed by atoms with Crippen molar-refractivity contribution in [3.63, 3.8) is 0 Å². The maximum Gasteiger partial charge on any atom is 0.230 e. The zero-order valence-corrected chi connectivity index (χ0v) is 13.3. The Hall–Kier alpha value is -1.82. The normalized spacial score (nSPS) is 10.6. The van der Waals surface area contributed by atoms with Crippen LogP contribution in [0, 0.1) is 20.8 Å². The van der Waals surface area contributed by atoms with Gasteiger partial charge in [0.1, 0.15) is 5.76 Å². The highest BCUT2D eigenvalue weighted by Crippen LogP contribution is 2.19. The number of hydrogen-bond donors (Lipinski definition) is 1. The van der Waals surface area contributed by atoms with Crippen LogP contribution < -0.4 is 5.32 Å². The number of thioether (sulfide) groups is 1. The molecular weight excluding hydrogens is 286 g/mol. The summed E-state index contributed by atoms with van der Waals surface area (Å²) in [5, 5.41) is 6.79. The molecular formula is C15H19N3O2S. The molecule has 2 heterocycles. The lowest BCUT2D eigenvalue weighted by molar-refractivity contribution is -0.118. The van der Waals surface area contributed by atoms with Crippen molar-refractivity contribution >= 4 is 17.7 Å². The predicted octanol–water partition coefficient (Wildman–Crippen LogP) is 2.54. The third-order valence-corrected chi connectivity index (χ3v) is 4.08. The second kappa shape index (κ2) is 7.26. The van der Waals surface area contributed by atoms with Gasteiger partial charge in [-0.1, -0.05) is 11.2 Å². The van der Waals surface area contributed by atoms with Gasteiger partial charge in [-0.05, 0) is 32.4 Å². The van der Waals surface area contributed by atoms with E-state index in [1.165, 1.54) is 0 Å². The summed E-state index contributed by atoms with van der Waals surface area (Å²) in [6.45, 7) is 6.25. The van der Waals surface area contributed by atoms with Crippen molar-refractivity contribution < 1.29 is 9.32 Å². The smallest absolute Gasteiger partial charge is 0.230 e. The van der Waals surface area contributed by atoms with Gasteiger partial charge in [0, 0.05) is 29.8 Å². The minimum absolute atomic E-state index is 0.0207. The van der Waals surface area contributed by atoms with E-state index in [4.69, 9.17) is 4.52 Å². The third-order valence-electron chi connectivity index (χ3n) is 3.12. The summed E-state index contributed by atoms with van der Waals surface area (Å²) in [6.07, 6.45) is 1.78. The van der Waals surface area contributed by atoms with E-state index in [0.29, 0.717) is 12.3 Å². The predicted molar refractivity (Wildman–Crippen MR) is 83.0 cm³/mol. The number of rotatable bonds is 6. The summed E-state index contributed by atoms with van der Waals surface area (Å²) in [4.78, 5) is 16.0. The van der Waals surface area contributed by atoms with Gasteiger partial charge in [0.2, 0.25) is 5.91 Å². The van der Waals surface area contributed by atoms with Gasteiger partial charge in [0.15, 0.2) is 0 Å². The van der Waals surface area contributed by atoms with Crippen molar-refractivity contribution in [2.24, 2.45) is 0 Å². The number of aryl methyl sites for hydroxylation is 3. The minimum atomic E-state index is 0.0207. The quantitative estimate of drug-likeness (QED) is 0.888. The summed E-state index contributed by atoms with van der Waals surface area (Å²) < 4.78 is 5.10. The molecule has 0 atom stereocenters. The van der Waals surface area contributed by atoms with E-state index in [2.05, 4.69) is 15.5 Å². The van der Waals surface area contributed by atoms with E-state index >= 15 is 0 Å². The molecule has 0 aliphatic rings. The first-order valence-electron chi connectivity index (χ1n) is 6.74. The Bertz CT molecular complexity index is 588. The molecule has 5 nitrogen and oxygen atoms in total. The molecule has 2 rings (SSSR count). The lowest BCUT2D eigenvalue weighted by Crippen LogP contribution is -2.24. The van der Waals surface area contributed by atoms with Gasteiger partial charge in [-0.25, -0.2) is 0 Å². The summed E-state index contributed by atoms with van der Waals surface area (Å²) in [7, 11) is 0. The van der Waals surface area contributed by atoms with Crippen molar-refractivity contribution in [1.29, 1.82) is 0 Å². The van der Waals surface area contributed by atoms with Crippen LogP contribution in [-0.2, 0) is 17.1 Å². The van der Waals surface area contributed by atoms with Crippen LogP contribution in [0.15, 0.2) is 22.9 Å². The molecule has 1 N–H and O–H groups in total. The second-order valence-electron chi connectivity index (χ2n) is 4.88. The van der Waals surface area contributed by atoms with Gasteiger partial charge >= 0.3 is 0 Å². The Morgan fingerprint density at radius 2 is 2.14 bits per heavy atom.